The molecule has 0 aromatic carbocycles. The maximum absolute atomic E-state index is 11.3. The van der Waals surface area contributed by atoms with Gasteiger partial charge in [-0.15, -0.1) is 0 Å². The molecule has 2 rings (SSSR count). The zero-order chi connectivity index (χ0) is 13.1. The van der Waals surface area contributed by atoms with Gasteiger partial charge in [0.05, 0.1) is 0 Å². The minimum Gasteiger partial charge on any atom is -0.364 e. The van der Waals surface area contributed by atoms with Crippen molar-refractivity contribution in [2.45, 2.75) is 25.8 Å². The second-order valence-electron chi connectivity index (χ2n) is 4.80. The highest BCUT2D eigenvalue weighted by Crippen LogP contribution is 2.24. The number of carbonyl (C=O) groups is 1. The first-order chi connectivity index (χ1) is 8.59. The fraction of sp³-hybridized carbons (Fsp3) is 0.583. The summed E-state index contributed by atoms with van der Waals surface area (Å²) in [6.45, 7) is 3.68. The molecule has 1 amide bonds. The molecule has 0 bridgehead atoms. The molecule has 0 saturated carbocycles. The number of hydrogen-bond donors (Lipinski definition) is 2. The van der Waals surface area contributed by atoms with Crippen LogP contribution >= 0.6 is 0 Å². The van der Waals surface area contributed by atoms with Gasteiger partial charge in [0, 0.05) is 31.5 Å². The van der Waals surface area contributed by atoms with Crippen LogP contribution in [0.3, 0.4) is 0 Å². The maximum Gasteiger partial charge on any atom is 0.271 e. The highest BCUT2D eigenvalue weighted by molar-refractivity contribution is 5.95. The third-order valence-corrected chi connectivity index (χ3v) is 3.41. The molecule has 2 unspecified atom stereocenters. The second-order valence-corrected chi connectivity index (χ2v) is 4.80. The fourth-order valence-electron chi connectivity index (χ4n) is 2.37. The van der Waals surface area contributed by atoms with E-state index in [-0.39, 0.29) is 11.7 Å². The summed E-state index contributed by atoms with van der Waals surface area (Å²) in [4.78, 5) is 21.7. The topological polar surface area (TPSA) is 98.1 Å². The Morgan fingerprint density at radius 3 is 2.89 bits per heavy atom. The lowest BCUT2D eigenvalue weighted by Gasteiger charge is -2.35. The first kappa shape index (κ1) is 12.8. The number of piperidine rings is 1. The van der Waals surface area contributed by atoms with Gasteiger partial charge in [-0.2, -0.15) is 0 Å². The van der Waals surface area contributed by atoms with Crippen LogP contribution < -0.4 is 16.4 Å². The Hall–Kier alpha value is -1.69. The van der Waals surface area contributed by atoms with Gasteiger partial charge in [-0.1, -0.05) is 0 Å². The summed E-state index contributed by atoms with van der Waals surface area (Å²) >= 11 is 0. The average Bonchev–Trinajstić information content (AvgIpc) is 2.39. The van der Waals surface area contributed by atoms with E-state index in [1.54, 1.807) is 6.20 Å². The van der Waals surface area contributed by atoms with E-state index in [9.17, 15) is 4.79 Å². The van der Waals surface area contributed by atoms with Crippen LogP contribution in [0.4, 0.5) is 5.82 Å². The van der Waals surface area contributed by atoms with E-state index in [2.05, 4.69) is 14.9 Å². The van der Waals surface area contributed by atoms with Gasteiger partial charge in [-0.3, -0.25) is 4.79 Å². The highest BCUT2D eigenvalue weighted by atomic mass is 16.1. The van der Waals surface area contributed by atoms with E-state index in [1.165, 1.54) is 6.20 Å². The van der Waals surface area contributed by atoms with Crippen molar-refractivity contribution in [3.8, 4) is 0 Å². The average molecular weight is 249 g/mol. The van der Waals surface area contributed by atoms with E-state index < -0.39 is 5.91 Å². The number of carbonyl (C=O) groups excluding carboxylic acids is 1. The van der Waals surface area contributed by atoms with Gasteiger partial charge < -0.3 is 16.4 Å². The molecule has 1 aromatic heterocycles. The van der Waals surface area contributed by atoms with Crippen LogP contribution in [-0.2, 0) is 0 Å². The van der Waals surface area contributed by atoms with Crippen molar-refractivity contribution < 1.29 is 4.79 Å². The Morgan fingerprint density at radius 1 is 1.50 bits per heavy atom. The van der Waals surface area contributed by atoms with Crippen molar-refractivity contribution in [3.63, 3.8) is 0 Å². The summed E-state index contributed by atoms with van der Waals surface area (Å²) in [6.07, 6.45) is 5.22. The van der Waals surface area contributed by atoms with Gasteiger partial charge in [-0.25, -0.2) is 9.97 Å². The molecule has 98 valence electrons. The minimum absolute atomic E-state index is 0.140. The molecule has 1 saturated heterocycles. The third kappa shape index (κ3) is 2.59. The number of rotatable bonds is 3. The lowest BCUT2D eigenvalue weighted by Crippen LogP contribution is -2.43. The molecule has 1 fully saturated rings. The number of nitrogens with two attached hydrogens (primary N) is 2. The highest BCUT2D eigenvalue weighted by Gasteiger charge is 2.26. The zero-order valence-corrected chi connectivity index (χ0v) is 10.5. The van der Waals surface area contributed by atoms with Gasteiger partial charge in [0.1, 0.15) is 0 Å². The van der Waals surface area contributed by atoms with E-state index >= 15 is 0 Å². The van der Waals surface area contributed by atoms with Crippen molar-refractivity contribution >= 4 is 11.7 Å². The molecule has 4 N–H and O–H groups in total. The first-order valence-electron chi connectivity index (χ1n) is 6.21. The summed E-state index contributed by atoms with van der Waals surface area (Å²) in [5, 5.41) is 0. The largest absolute Gasteiger partial charge is 0.364 e. The number of hydrogen-bond acceptors (Lipinski definition) is 5. The normalized spacial score (nSPS) is 21.7. The quantitative estimate of drug-likeness (QED) is 0.794. The van der Waals surface area contributed by atoms with Crippen molar-refractivity contribution in [2.75, 3.05) is 18.0 Å². The van der Waals surface area contributed by atoms with E-state index in [0.717, 1.165) is 25.9 Å². The van der Waals surface area contributed by atoms with Crippen LogP contribution in [0.5, 0.6) is 0 Å². The lowest BCUT2D eigenvalue weighted by molar-refractivity contribution is 0.0995. The van der Waals surface area contributed by atoms with Crippen LogP contribution in [0.25, 0.3) is 0 Å². The molecule has 6 heteroatoms. The molecule has 1 aromatic rings. The maximum atomic E-state index is 11.3. The molecule has 6 nitrogen and oxygen atoms in total. The van der Waals surface area contributed by atoms with Crippen molar-refractivity contribution in [2.24, 2.45) is 17.4 Å². The second kappa shape index (κ2) is 5.30. The first-order valence-corrected chi connectivity index (χ1v) is 6.21. The Balaban J connectivity index is 2.23. The third-order valence-electron chi connectivity index (χ3n) is 3.41. The van der Waals surface area contributed by atoms with Crippen LogP contribution in [-0.4, -0.2) is 35.0 Å². The Bertz CT molecular complexity index is 434. The summed E-state index contributed by atoms with van der Waals surface area (Å²) in [5.74, 6) is 0.456. The monoisotopic (exact) mass is 249 g/mol. The summed E-state index contributed by atoms with van der Waals surface area (Å²) in [6, 6.07) is 0.140. The predicted molar refractivity (Wildman–Crippen MR) is 69.1 cm³/mol. The summed E-state index contributed by atoms with van der Waals surface area (Å²) in [5.41, 5.74) is 11.5. The SMILES string of the molecule is CC(N)C1CCCN(c2nccnc2C(N)=O)C1. The van der Waals surface area contributed by atoms with Gasteiger partial charge in [-0.05, 0) is 25.7 Å². The van der Waals surface area contributed by atoms with Gasteiger partial charge >= 0.3 is 0 Å². The fourth-order valence-corrected chi connectivity index (χ4v) is 2.37. The number of primary amides is 1. The molecule has 2 heterocycles. The van der Waals surface area contributed by atoms with Crippen LogP contribution in [0.2, 0.25) is 0 Å². The van der Waals surface area contributed by atoms with Gasteiger partial charge in [0.15, 0.2) is 11.5 Å². The molecule has 0 radical (unpaired) electrons. The molecule has 1 aliphatic rings. The molecule has 18 heavy (non-hydrogen) atoms. The summed E-state index contributed by atoms with van der Waals surface area (Å²) < 4.78 is 0. The molecule has 0 aliphatic carbocycles. The zero-order valence-electron chi connectivity index (χ0n) is 10.5. The molecule has 2 atom stereocenters. The van der Waals surface area contributed by atoms with Crippen molar-refractivity contribution in [1.82, 2.24) is 9.97 Å². The van der Waals surface area contributed by atoms with Crippen LogP contribution in [0.15, 0.2) is 12.4 Å². The van der Waals surface area contributed by atoms with Crippen molar-refractivity contribution in [1.29, 1.82) is 0 Å². The van der Waals surface area contributed by atoms with Crippen LogP contribution in [0, 0.1) is 5.92 Å². The van der Waals surface area contributed by atoms with Crippen LogP contribution in [0.1, 0.15) is 30.3 Å². The van der Waals surface area contributed by atoms with Gasteiger partial charge in [0.2, 0.25) is 0 Å². The Morgan fingerprint density at radius 2 is 2.22 bits per heavy atom. The number of anilines is 1. The van der Waals surface area contributed by atoms with E-state index in [4.69, 9.17) is 11.5 Å². The Kier molecular flexibility index (Phi) is 3.76. The Labute approximate surface area is 106 Å². The number of aromatic nitrogens is 2. The van der Waals surface area contributed by atoms with E-state index in [1.807, 2.05) is 6.92 Å². The molecular weight excluding hydrogens is 230 g/mol. The predicted octanol–water partition coefficient (Wildman–Crippen LogP) is 0.139. The van der Waals surface area contributed by atoms with Gasteiger partial charge in [0.25, 0.3) is 5.91 Å². The summed E-state index contributed by atoms with van der Waals surface area (Å²) in [7, 11) is 0. The molecule has 0 spiro atoms. The van der Waals surface area contributed by atoms with Crippen molar-refractivity contribution in [3.05, 3.63) is 18.1 Å². The standard InChI is InChI=1S/C12H19N5O/c1-8(13)9-3-2-6-17(7-9)12-10(11(14)18)15-4-5-16-12/h4-5,8-9H,2-3,6-7,13H2,1H3,(H2,14,18). The molecule has 1 aliphatic heterocycles. The smallest absolute Gasteiger partial charge is 0.271 e. The number of nitrogens with zero attached hydrogens (tertiary/aromatic N) is 3. The lowest BCUT2D eigenvalue weighted by atomic mass is 9.92. The molecular formula is C12H19N5O. The minimum atomic E-state index is -0.541. The number of amides is 1. The van der Waals surface area contributed by atoms with E-state index in [0.29, 0.717) is 11.7 Å².